The fourth-order valence-corrected chi connectivity index (χ4v) is 6.07. The van der Waals surface area contributed by atoms with Crippen LogP contribution in [0.3, 0.4) is 0 Å². The summed E-state index contributed by atoms with van der Waals surface area (Å²) in [6, 6.07) is 9.23. The van der Waals surface area contributed by atoms with Gasteiger partial charge in [-0.25, -0.2) is 9.78 Å². The number of aromatic nitrogens is 1. The highest BCUT2D eigenvalue weighted by molar-refractivity contribution is 6.29. The second-order valence-electron chi connectivity index (χ2n) is 11.1. The minimum Gasteiger partial charge on any atom is -0.496 e. The van der Waals surface area contributed by atoms with E-state index in [0.29, 0.717) is 47.5 Å². The number of amides is 1. The first-order valence-electron chi connectivity index (χ1n) is 13.9. The van der Waals surface area contributed by atoms with E-state index in [0.717, 1.165) is 18.4 Å². The highest BCUT2D eigenvalue weighted by atomic mass is 35.5. The number of hydrogen-bond acceptors (Lipinski definition) is 5. The number of halogens is 7. The fourth-order valence-electron chi connectivity index (χ4n) is 5.90. The zero-order valence-electron chi connectivity index (χ0n) is 23.7. The van der Waals surface area contributed by atoms with E-state index in [1.807, 2.05) is 18.2 Å². The van der Waals surface area contributed by atoms with E-state index < -0.39 is 47.3 Å². The van der Waals surface area contributed by atoms with Gasteiger partial charge >= 0.3 is 18.4 Å². The quantitative estimate of drug-likeness (QED) is 0.216. The molecule has 0 spiro atoms. The van der Waals surface area contributed by atoms with Crippen LogP contribution in [0.4, 0.5) is 31.1 Å². The van der Waals surface area contributed by atoms with Crippen LogP contribution in [0.2, 0.25) is 5.15 Å². The van der Waals surface area contributed by atoms with Crippen LogP contribution in [0.5, 0.6) is 5.75 Å². The standard InChI is InChI=1S/C31H29ClF6N2O4/c1-16-28(19-11-20(30(33,34)35)14-21(12-19)31(36,37)38)44-29(42)40(16)15-25-23(8-10-27(32)39-25)24-13-18(5-9-26(24)43-2)17-3-6-22(41)7-4-17/h5,8-14,16-17,22,28,41H,3-4,6-7,15H2,1-2H3/t16-,17-,22+,28-/m0/s1. The second kappa shape index (κ2) is 12.1. The largest absolute Gasteiger partial charge is 0.496 e. The van der Waals surface area contributed by atoms with Crippen molar-refractivity contribution in [3.63, 3.8) is 0 Å². The van der Waals surface area contributed by atoms with Crippen molar-refractivity contribution in [2.45, 2.75) is 75.7 Å². The average molecular weight is 643 g/mol. The molecule has 2 atom stereocenters. The lowest BCUT2D eigenvalue weighted by atomic mass is 9.82. The van der Waals surface area contributed by atoms with Gasteiger partial charge in [-0.2, -0.15) is 26.3 Å². The first-order chi connectivity index (χ1) is 20.7. The molecule has 1 saturated heterocycles. The molecule has 2 aliphatic rings. The van der Waals surface area contributed by atoms with Crippen LogP contribution in [0.15, 0.2) is 48.5 Å². The lowest BCUT2D eigenvalue weighted by Crippen LogP contribution is -2.32. The van der Waals surface area contributed by atoms with E-state index in [-0.39, 0.29) is 29.8 Å². The Morgan fingerprint density at radius 3 is 2.16 bits per heavy atom. The predicted octanol–water partition coefficient (Wildman–Crippen LogP) is 8.55. The van der Waals surface area contributed by atoms with Crippen molar-refractivity contribution in [3.8, 4) is 16.9 Å². The third kappa shape index (κ3) is 6.61. The Hall–Kier alpha value is -3.51. The van der Waals surface area contributed by atoms with Gasteiger partial charge in [-0.15, -0.1) is 0 Å². The lowest BCUT2D eigenvalue weighted by molar-refractivity contribution is -0.143. The molecule has 2 fully saturated rings. The molecule has 1 aromatic heterocycles. The maximum absolute atomic E-state index is 13.5. The molecule has 2 heterocycles. The van der Waals surface area contributed by atoms with Crippen LogP contribution in [0.1, 0.15) is 72.6 Å². The highest BCUT2D eigenvalue weighted by Crippen LogP contribution is 2.43. The molecule has 1 aliphatic heterocycles. The molecule has 0 bridgehead atoms. The molecular formula is C31H29ClF6N2O4. The van der Waals surface area contributed by atoms with Gasteiger partial charge in [0.2, 0.25) is 0 Å². The van der Waals surface area contributed by atoms with E-state index >= 15 is 0 Å². The number of pyridine rings is 1. The molecule has 3 aromatic rings. The molecule has 5 rings (SSSR count). The van der Waals surface area contributed by atoms with E-state index in [4.69, 9.17) is 21.1 Å². The van der Waals surface area contributed by atoms with E-state index in [2.05, 4.69) is 4.98 Å². The SMILES string of the molecule is COc1ccc([C@H]2CC[C@@H](O)CC2)cc1-c1ccc(Cl)nc1CN1C(=O)O[C@H](c2cc(C(F)(F)F)cc(C(F)(F)F)c2)[C@@H]1C. The summed E-state index contributed by atoms with van der Waals surface area (Å²) in [6.07, 6.45) is -9.77. The Bertz CT molecular complexity index is 1510. The molecule has 1 N–H and O–H groups in total. The summed E-state index contributed by atoms with van der Waals surface area (Å²) in [5.74, 6) is 0.740. The number of hydrogen-bond donors (Lipinski definition) is 1. The Labute approximate surface area is 254 Å². The molecule has 13 heteroatoms. The zero-order valence-corrected chi connectivity index (χ0v) is 24.4. The number of cyclic esters (lactones) is 1. The lowest BCUT2D eigenvalue weighted by Gasteiger charge is -2.27. The molecule has 6 nitrogen and oxygen atoms in total. The number of benzene rings is 2. The summed E-state index contributed by atoms with van der Waals surface area (Å²) < 4.78 is 92.0. The van der Waals surface area contributed by atoms with Gasteiger partial charge in [0.1, 0.15) is 17.0 Å². The third-order valence-corrected chi connectivity index (χ3v) is 8.48. The van der Waals surface area contributed by atoms with E-state index in [9.17, 15) is 36.2 Å². The number of methoxy groups -OCH3 is 1. The minimum atomic E-state index is -5.05. The maximum Gasteiger partial charge on any atom is 0.416 e. The smallest absolute Gasteiger partial charge is 0.416 e. The number of carbonyl (C=O) groups is 1. The van der Waals surface area contributed by atoms with Gasteiger partial charge in [-0.05, 0) is 92.1 Å². The Kier molecular flexibility index (Phi) is 8.78. The van der Waals surface area contributed by atoms with Crippen molar-refractivity contribution >= 4 is 17.7 Å². The summed E-state index contributed by atoms with van der Waals surface area (Å²) in [4.78, 5) is 18.7. The van der Waals surface area contributed by atoms with Crippen molar-refractivity contribution in [3.05, 3.63) is 81.6 Å². The number of rotatable bonds is 6. The third-order valence-electron chi connectivity index (χ3n) is 8.27. The monoisotopic (exact) mass is 642 g/mol. The first kappa shape index (κ1) is 31.9. The summed E-state index contributed by atoms with van der Waals surface area (Å²) >= 11 is 6.23. The summed E-state index contributed by atoms with van der Waals surface area (Å²) in [6.45, 7) is 1.28. The van der Waals surface area contributed by atoms with Gasteiger partial charge in [-0.1, -0.05) is 17.7 Å². The average Bonchev–Trinajstić information content (AvgIpc) is 3.24. The number of nitrogens with zero attached hydrogens (tertiary/aromatic N) is 2. The second-order valence-corrected chi connectivity index (χ2v) is 11.5. The van der Waals surface area contributed by atoms with Crippen molar-refractivity contribution in [2.75, 3.05) is 7.11 Å². The molecule has 236 valence electrons. The molecule has 2 aromatic carbocycles. The first-order valence-corrected chi connectivity index (χ1v) is 14.3. The topological polar surface area (TPSA) is 71.9 Å². The molecule has 1 saturated carbocycles. The van der Waals surface area contributed by atoms with Gasteiger partial charge in [-0.3, -0.25) is 4.90 Å². The molecular weight excluding hydrogens is 614 g/mol. The van der Waals surface area contributed by atoms with Crippen molar-refractivity contribution in [1.82, 2.24) is 9.88 Å². The van der Waals surface area contributed by atoms with Gasteiger partial charge < -0.3 is 14.6 Å². The number of alkyl halides is 6. The Morgan fingerprint density at radius 2 is 1.57 bits per heavy atom. The van der Waals surface area contributed by atoms with Gasteiger partial charge in [0.15, 0.2) is 0 Å². The van der Waals surface area contributed by atoms with Crippen LogP contribution in [-0.4, -0.2) is 40.3 Å². The van der Waals surface area contributed by atoms with Crippen LogP contribution in [0, 0.1) is 0 Å². The van der Waals surface area contributed by atoms with Crippen LogP contribution >= 0.6 is 11.6 Å². The van der Waals surface area contributed by atoms with Crippen LogP contribution in [-0.2, 0) is 23.6 Å². The van der Waals surface area contributed by atoms with Crippen LogP contribution in [0.25, 0.3) is 11.1 Å². The van der Waals surface area contributed by atoms with E-state index in [1.54, 1.807) is 12.1 Å². The van der Waals surface area contributed by atoms with Gasteiger partial charge in [0, 0.05) is 11.1 Å². The van der Waals surface area contributed by atoms with Crippen molar-refractivity contribution in [1.29, 1.82) is 0 Å². The molecule has 1 amide bonds. The molecule has 0 radical (unpaired) electrons. The van der Waals surface area contributed by atoms with E-state index in [1.165, 1.54) is 18.9 Å². The summed E-state index contributed by atoms with van der Waals surface area (Å²) in [5, 5.41) is 10.1. The predicted molar refractivity (Wildman–Crippen MR) is 149 cm³/mol. The molecule has 1 aliphatic carbocycles. The summed E-state index contributed by atoms with van der Waals surface area (Å²) in [7, 11) is 1.51. The van der Waals surface area contributed by atoms with Gasteiger partial charge in [0.25, 0.3) is 0 Å². The van der Waals surface area contributed by atoms with Gasteiger partial charge in [0.05, 0.1) is 42.6 Å². The summed E-state index contributed by atoms with van der Waals surface area (Å²) in [5.41, 5.74) is -0.819. The number of aliphatic hydroxyl groups excluding tert-OH is 1. The van der Waals surface area contributed by atoms with Crippen LogP contribution < -0.4 is 4.74 Å². The Balaban J connectivity index is 1.49. The zero-order chi connectivity index (χ0) is 32.0. The number of carbonyl (C=O) groups excluding carboxylic acids is 1. The number of ether oxygens (including phenoxy) is 2. The number of aliphatic hydroxyl groups is 1. The minimum absolute atomic E-state index is 0.0296. The molecule has 0 unspecified atom stereocenters. The fraction of sp³-hybridized carbons (Fsp3) is 0.419. The Morgan fingerprint density at radius 1 is 0.932 bits per heavy atom. The maximum atomic E-state index is 13.5. The van der Waals surface area contributed by atoms with Crippen molar-refractivity contribution < 1.29 is 45.7 Å². The van der Waals surface area contributed by atoms with Crippen molar-refractivity contribution in [2.24, 2.45) is 0 Å². The molecule has 44 heavy (non-hydrogen) atoms. The normalized spacial score (nSPS) is 22.7. The highest BCUT2D eigenvalue weighted by Gasteiger charge is 2.43.